The van der Waals surface area contributed by atoms with Crippen LogP contribution in [0.15, 0.2) is 23.1 Å². The van der Waals surface area contributed by atoms with Gasteiger partial charge in [-0.1, -0.05) is 6.08 Å². The molecule has 36 heavy (non-hydrogen) atoms. The summed E-state index contributed by atoms with van der Waals surface area (Å²) < 4.78 is 1.57. The molecule has 4 rings (SSSR count). The zero-order valence-electron chi connectivity index (χ0n) is 21.5. The largest absolute Gasteiger partial charge is 0.353 e. The van der Waals surface area contributed by atoms with Gasteiger partial charge in [0.2, 0.25) is 5.91 Å². The molecule has 1 aromatic rings. The molecule has 1 aromatic heterocycles. The molecule has 2 saturated heterocycles. The molecule has 0 spiro atoms. The Balaban J connectivity index is 1.28. The van der Waals surface area contributed by atoms with E-state index in [0.29, 0.717) is 38.0 Å². The number of amides is 3. The quantitative estimate of drug-likeness (QED) is 0.518. The molecule has 11 nitrogen and oxygen atoms in total. The topological polar surface area (TPSA) is 143 Å². The molecule has 3 amide bonds. The van der Waals surface area contributed by atoms with Gasteiger partial charge in [0.15, 0.2) is 0 Å². The number of allylic oxidation sites excluding steroid dienone is 2. The van der Waals surface area contributed by atoms with E-state index in [1.54, 1.807) is 40.5 Å². The number of piperazine rings is 1. The first-order valence-electron chi connectivity index (χ1n) is 13.0. The van der Waals surface area contributed by atoms with E-state index < -0.39 is 11.2 Å². The molecule has 1 aliphatic carbocycles. The Bertz CT molecular complexity index is 1040. The van der Waals surface area contributed by atoms with Crippen LogP contribution < -0.4 is 22.5 Å². The van der Waals surface area contributed by atoms with E-state index in [1.807, 2.05) is 0 Å². The van der Waals surface area contributed by atoms with Gasteiger partial charge in [-0.05, 0) is 70.5 Å². The summed E-state index contributed by atoms with van der Waals surface area (Å²) >= 11 is 0. The minimum atomic E-state index is -0.936. The van der Waals surface area contributed by atoms with E-state index in [0.717, 1.165) is 51.1 Å². The number of carbonyl (C=O) groups excluding carboxylic acids is 2. The number of likely N-dealkylation sites (tertiary alicyclic amines) is 1. The molecule has 2 aliphatic heterocycles. The third kappa shape index (κ3) is 6.32. The molecule has 2 atom stereocenters. The molecule has 3 heterocycles. The Kier molecular flexibility index (Phi) is 8.11. The van der Waals surface area contributed by atoms with Crippen LogP contribution in [0.25, 0.3) is 5.70 Å². The number of urea groups is 1. The first-order chi connectivity index (χ1) is 17.1. The van der Waals surface area contributed by atoms with Crippen LogP contribution in [0.5, 0.6) is 0 Å². The van der Waals surface area contributed by atoms with E-state index >= 15 is 0 Å². The average Bonchev–Trinajstić information content (AvgIpc) is 3.31. The number of nitrogens with zero attached hydrogens (tertiary/aromatic N) is 5. The van der Waals surface area contributed by atoms with Gasteiger partial charge in [0.05, 0.1) is 5.54 Å². The number of rotatable bonds is 6. The summed E-state index contributed by atoms with van der Waals surface area (Å²) in [6.07, 6.45) is 7.83. The van der Waals surface area contributed by atoms with Crippen LogP contribution >= 0.6 is 0 Å². The molecular formula is C25H40N8O3. The second-order valence-electron chi connectivity index (χ2n) is 10.9. The lowest BCUT2D eigenvalue weighted by Gasteiger charge is -2.37. The highest BCUT2D eigenvalue weighted by atomic mass is 16.2. The number of hydrogen-bond donors (Lipinski definition) is 3. The average molecular weight is 501 g/mol. The van der Waals surface area contributed by atoms with Crippen LogP contribution in [-0.4, -0.2) is 94.1 Å². The van der Waals surface area contributed by atoms with Gasteiger partial charge in [0.1, 0.15) is 5.82 Å². The van der Waals surface area contributed by atoms with Gasteiger partial charge in [-0.25, -0.2) is 9.59 Å². The molecule has 1 unspecified atom stereocenters. The summed E-state index contributed by atoms with van der Waals surface area (Å²) in [5, 5.41) is 2.71. The molecular weight excluding hydrogens is 460 g/mol. The van der Waals surface area contributed by atoms with E-state index in [1.165, 1.54) is 6.42 Å². The van der Waals surface area contributed by atoms with Crippen molar-refractivity contribution in [2.45, 2.75) is 45.1 Å². The van der Waals surface area contributed by atoms with Gasteiger partial charge < -0.3 is 26.2 Å². The fraction of sp³-hybridized carbons (Fsp3) is 0.680. The second-order valence-corrected chi connectivity index (χ2v) is 10.9. The van der Waals surface area contributed by atoms with Crippen molar-refractivity contribution in [2.24, 2.45) is 23.3 Å². The fourth-order valence-electron chi connectivity index (χ4n) is 5.30. The number of carbonyl (C=O) groups is 2. The minimum absolute atomic E-state index is 0.132. The molecule has 11 heteroatoms. The Morgan fingerprint density at radius 2 is 1.83 bits per heavy atom. The van der Waals surface area contributed by atoms with Gasteiger partial charge in [0.25, 0.3) is 0 Å². The monoisotopic (exact) mass is 500 g/mol. The van der Waals surface area contributed by atoms with Crippen molar-refractivity contribution in [1.29, 1.82) is 0 Å². The van der Waals surface area contributed by atoms with E-state index in [4.69, 9.17) is 11.5 Å². The SMILES string of the molecule is CC(C)(N)C(=O)N1CCN(C(=O)Nc2ccn(C3=CC[C@@H](CN4CCC(CN)C4)CC3)c(=O)n2)CC1. The fourth-order valence-corrected chi connectivity index (χ4v) is 5.30. The molecule has 2 fully saturated rings. The molecule has 0 saturated carbocycles. The van der Waals surface area contributed by atoms with Crippen molar-refractivity contribution in [3.63, 3.8) is 0 Å². The Morgan fingerprint density at radius 3 is 2.42 bits per heavy atom. The van der Waals surface area contributed by atoms with Crippen LogP contribution in [0.3, 0.4) is 0 Å². The first-order valence-corrected chi connectivity index (χ1v) is 13.0. The Morgan fingerprint density at radius 1 is 1.11 bits per heavy atom. The number of nitrogens with two attached hydrogens (primary N) is 2. The summed E-state index contributed by atoms with van der Waals surface area (Å²) in [6, 6.07) is 1.32. The van der Waals surface area contributed by atoms with Crippen molar-refractivity contribution < 1.29 is 9.59 Å². The van der Waals surface area contributed by atoms with Gasteiger partial charge in [0, 0.05) is 51.2 Å². The van der Waals surface area contributed by atoms with E-state index in [-0.39, 0.29) is 17.8 Å². The maximum Gasteiger partial charge on any atom is 0.353 e. The third-order valence-electron chi connectivity index (χ3n) is 7.47. The minimum Gasteiger partial charge on any atom is -0.338 e. The summed E-state index contributed by atoms with van der Waals surface area (Å²) in [5.74, 6) is 1.31. The molecule has 5 N–H and O–H groups in total. The standard InChI is InChI=1S/C25H40N8O3/c1-25(2,27)22(34)31-11-13-32(14-12-31)23(35)28-21-8-10-33(24(36)29-21)20-5-3-18(4-6-20)16-30-9-7-19(15-26)17-30/h5,8,10,18-19H,3-4,6-7,9,11-17,26-27H2,1-2H3,(H,28,29,35,36)/t18-,19?/m1/s1. The highest BCUT2D eigenvalue weighted by Crippen LogP contribution is 2.28. The highest BCUT2D eigenvalue weighted by Gasteiger charge is 2.31. The maximum atomic E-state index is 12.7. The smallest absolute Gasteiger partial charge is 0.338 e. The van der Waals surface area contributed by atoms with Crippen LogP contribution in [-0.2, 0) is 4.79 Å². The molecule has 0 aromatic carbocycles. The predicted molar refractivity (Wildman–Crippen MR) is 139 cm³/mol. The van der Waals surface area contributed by atoms with Gasteiger partial charge in [-0.15, -0.1) is 0 Å². The van der Waals surface area contributed by atoms with Crippen LogP contribution in [0.2, 0.25) is 0 Å². The number of nitrogens with one attached hydrogen (secondary N) is 1. The zero-order chi connectivity index (χ0) is 25.9. The Labute approximate surface area is 212 Å². The van der Waals surface area contributed by atoms with Gasteiger partial charge in [-0.3, -0.25) is 14.7 Å². The van der Waals surface area contributed by atoms with Crippen molar-refractivity contribution in [3.8, 4) is 0 Å². The molecule has 0 radical (unpaired) electrons. The van der Waals surface area contributed by atoms with Crippen LogP contribution in [0.4, 0.5) is 10.6 Å². The van der Waals surface area contributed by atoms with Crippen molar-refractivity contribution in [1.82, 2.24) is 24.3 Å². The molecule has 198 valence electrons. The van der Waals surface area contributed by atoms with Gasteiger partial charge in [-0.2, -0.15) is 4.98 Å². The first kappa shape index (κ1) is 26.3. The third-order valence-corrected chi connectivity index (χ3v) is 7.47. The normalized spacial score (nSPS) is 23.5. The van der Waals surface area contributed by atoms with Crippen LogP contribution in [0, 0.1) is 11.8 Å². The summed E-state index contributed by atoms with van der Waals surface area (Å²) in [6.45, 7) is 9.06. The predicted octanol–water partition coefficient (Wildman–Crippen LogP) is 0.578. The lowest BCUT2D eigenvalue weighted by molar-refractivity contribution is -0.137. The number of aromatic nitrogens is 2. The van der Waals surface area contributed by atoms with E-state index in [2.05, 4.69) is 21.3 Å². The molecule has 0 bridgehead atoms. The zero-order valence-corrected chi connectivity index (χ0v) is 21.5. The lowest BCUT2D eigenvalue weighted by atomic mass is 9.92. The number of anilines is 1. The summed E-state index contributed by atoms with van der Waals surface area (Å²) in [4.78, 5) is 47.6. The maximum absolute atomic E-state index is 12.7. The van der Waals surface area contributed by atoms with Crippen molar-refractivity contribution >= 4 is 23.5 Å². The number of hydrogen-bond acceptors (Lipinski definition) is 7. The summed E-state index contributed by atoms with van der Waals surface area (Å²) in [5.41, 5.74) is 11.3. The van der Waals surface area contributed by atoms with E-state index in [9.17, 15) is 14.4 Å². The van der Waals surface area contributed by atoms with Crippen LogP contribution in [0.1, 0.15) is 39.5 Å². The van der Waals surface area contributed by atoms with Gasteiger partial charge >= 0.3 is 11.7 Å². The molecule has 3 aliphatic rings. The highest BCUT2D eigenvalue weighted by molar-refractivity contribution is 5.89. The van der Waals surface area contributed by atoms with Crippen molar-refractivity contribution in [3.05, 3.63) is 28.8 Å². The Hall–Kier alpha value is -2.76. The second kappa shape index (κ2) is 11.1. The summed E-state index contributed by atoms with van der Waals surface area (Å²) in [7, 11) is 0. The van der Waals surface area contributed by atoms with Crippen molar-refractivity contribution in [2.75, 3.05) is 57.7 Å². The lowest BCUT2D eigenvalue weighted by Crippen LogP contribution is -2.58.